The molecule has 0 atom stereocenters. The van der Waals surface area contributed by atoms with E-state index in [0.717, 1.165) is 0 Å². The molecule has 29 heavy (non-hydrogen) atoms. The summed E-state index contributed by atoms with van der Waals surface area (Å²) in [5.74, 6) is -0.258. The van der Waals surface area contributed by atoms with E-state index in [0.29, 0.717) is 11.5 Å². The third-order valence-corrected chi connectivity index (χ3v) is 3.78. The zero-order valence-electron chi connectivity index (χ0n) is 17.0. The van der Waals surface area contributed by atoms with Gasteiger partial charge in [-0.2, -0.15) is 0 Å². The van der Waals surface area contributed by atoms with Crippen molar-refractivity contribution in [3.8, 4) is 11.5 Å². The SMILES string of the molecule is COc1ccc(C(=O)OOC(OOC(=O)c2ccc(OC)cc2)C(C)(C)C)cc1. The lowest BCUT2D eigenvalue weighted by Crippen LogP contribution is -2.34. The molecule has 0 spiro atoms. The molecule has 0 unspecified atom stereocenters. The molecular weight excluding hydrogens is 380 g/mol. The van der Waals surface area contributed by atoms with Crippen molar-refractivity contribution in [2.75, 3.05) is 14.2 Å². The molecule has 0 amide bonds. The van der Waals surface area contributed by atoms with E-state index in [1.54, 1.807) is 45.0 Å². The minimum atomic E-state index is -1.16. The van der Waals surface area contributed by atoms with Gasteiger partial charge in [0.25, 0.3) is 6.29 Å². The summed E-state index contributed by atoms with van der Waals surface area (Å²) < 4.78 is 10.1. The first kappa shape index (κ1) is 22.2. The van der Waals surface area contributed by atoms with Gasteiger partial charge in [-0.1, -0.05) is 20.8 Å². The molecule has 0 fully saturated rings. The molecule has 0 bridgehead atoms. The Morgan fingerprint density at radius 3 is 1.31 bits per heavy atom. The van der Waals surface area contributed by atoms with Gasteiger partial charge in [0.05, 0.1) is 25.3 Å². The van der Waals surface area contributed by atoms with Gasteiger partial charge in [0.1, 0.15) is 11.5 Å². The quantitative estimate of drug-likeness (QED) is 0.371. The Kier molecular flexibility index (Phi) is 7.58. The highest BCUT2D eigenvalue weighted by Crippen LogP contribution is 2.25. The Balaban J connectivity index is 1.94. The number of carbonyl (C=O) groups excluding carboxylic acids is 2. The van der Waals surface area contributed by atoms with Crippen molar-refractivity contribution < 1.29 is 38.6 Å². The van der Waals surface area contributed by atoms with Crippen molar-refractivity contribution in [2.45, 2.75) is 27.1 Å². The van der Waals surface area contributed by atoms with Crippen molar-refractivity contribution in [3.63, 3.8) is 0 Å². The molecule has 8 nitrogen and oxygen atoms in total. The Labute approximate surface area is 169 Å². The maximum absolute atomic E-state index is 12.1. The van der Waals surface area contributed by atoms with Crippen LogP contribution in [0.4, 0.5) is 0 Å². The van der Waals surface area contributed by atoms with Crippen molar-refractivity contribution in [1.29, 1.82) is 0 Å². The Hall–Kier alpha value is -3.10. The van der Waals surface area contributed by atoms with Crippen molar-refractivity contribution in [2.24, 2.45) is 5.41 Å². The number of hydrogen-bond donors (Lipinski definition) is 0. The summed E-state index contributed by atoms with van der Waals surface area (Å²) in [5, 5.41) is 0. The lowest BCUT2D eigenvalue weighted by Gasteiger charge is -2.26. The van der Waals surface area contributed by atoms with Gasteiger partial charge in [0, 0.05) is 5.41 Å². The van der Waals surface area contributed by atoms with Crippen LogP contribution in [0.3, 0.4) is 0 Å². The van der Waals surface area contributed by atoms with E-state index in [-0.39, 0.29) is 11.1 Å². The summed E-state index contributed by atoms with van der Waals surface area (Å²) in [6.45, 7) is 5.29. The molecule has 0 aliphatic heterocycles. The molecule has 2 aromatic carbocycles. The molecule has 0 aliphatic rings. The monoisotopic (exact) mass is 404 g/mol. The standard InChI is InChI=1S/C21H24O8/c1-21(2,3)20(28-26-18(22)14-6-10-16(24-4)11-7-14)29-27-19(23)15-8-12-17(25-5)13-9-15/h6-13,20H,1-5H3. The first-order valence-corrected chi connectivity index (χ1v) is 8.78. The zero-order valence-corrected chi connectivity index (χ0v) is 17.0. The maximum Gasteiger partial charge on any atom is 0.373 e. The van der Waals surface area contributed by atoms with Gasteiger partial charge in [0.2, 0.25) is 0 Å². The van der Waals surface area contributed by atoms with Crippen LogP contribution in [-0.2, 0) is 19.6 Å². The average Bonchev–Trinajstić information content (AvgIpc) is 2.72. The summed E-state index contributed by atoms with van der Waals surface area (Å²) in [5.41, 5.74) is -0.150. The number of methoxy groups -OCH3 is 2. The third kappa shape index (κ3) is 6.48. The molecule has 0 aliphatic carbocycles. The third-order valence-electron chi connectivity index (χ3n) is 3.78. The fourth-order valence-corrected chi connectivity index (χ4v) is 2.03. The number of hydrogen-bond acceptors (Lipinski definition) is 8. The smallest absolute Gasteiger partial charge is 0.373 e. The van der Waals surface area contributed by atoms with Crippen LogP contribution in [0.15, 0.2) is 48.5 Å². The molecule has 0 N–H and O–H groups in total. The number of benzene rings is 2. The van der Waals surface area contributed by atoms with Crippen LogP contribution < -0.4 is 9.47 Å². The molecule has 0 heterocycles. The van der Waals surface area contributed by atoms with Gasteiger partial charge >= 0.3 is 11.9 Å². The largest absolute Gasteiger partial charge is 0.497 e. The highest BCUT2D eigenvalue weighted by Gasteiger charge is 2.32. The molecule has 0 saturated heterocycles. The van der Waals surface area contributed by atoms with Gasteiger partial charge in [-0.25, -0.2) is 9.59 Å². The van der Waals surface area contributed by atoms with Crippen molar-refractivity contribution >= 4 is 11.9 Å². The van der Waals surface area contributed by atoms with E-state index in [1.165, 1.54) is 38.5 Å². The fraction of sp³-hybridized carbons (Fsp3) is 0.333. The highest BCUT2D eigenvalue weighted by molar-refractivity contribution is 5.89. The highest BCUT2D eigenvalue weighted by atomic mass is 17.3. The van der Waals surface area contributed by atoms with Crippen LogP contribution in [0, 0.1) is 5.41 Å². The zero-order chi connectivity index (χ0) is 21.4. The number of carbonyl (C=O) groups is 2. The summed E-state index contributed by atoms with van der Waals surface area (Å²) in [6.07, 6.45) is -1.16. The van der Waals surface area contributed by atoms with Crippen molar-refractivity contribution in [3.05, 3.63) is 59.7 Å². The van der Waals surface area contributed by atoms with E-state index in [2.05, 4.69) is 0 Å². The minimum Gasteiger partial charge on any atom is -0.497 e. The number of ether oxygens (including phenoxy) is 2. The van der Waals surface area contributed by atoms with Gasteiger partial charge in [-0.05, 0) is 48.5 Å². The molecule has 2 aromatic rings. The minimum absolute atomic E-state index is 0.258. The Morgan fingerprint density at radius 1 is 0.690 bits per heavy atom. The maximum atomic E-state index is 12.1. The Bertz CT molecular complexity index is 743. The van der Waals surface area contributed by atoms with E-state index < -0.39 is 23.6 Å². The van der Waals surface area contributed by atoms with Crippen LogP contribution in [0.1, 0.15) is 41.5 Å². The van der Waals surface area contributed by atoms with Crippen LogP contribution in [0.5, 0.6) is 11.5 Å². The van der Waals surface area contributed by atoms with Gasteiger partial charge in [0.15, 0.2) is 0 Å². The van der Waals surface area contributed by atoms with E-state index >= 15 is 0 Å². The molecule has 156 valence electrons. The fourth-order valence-electron chi connectivity index (χ4n) is 2.03. The van der Waals surface area contributed by atoms with Crippen LogP contribution >= 0.6 is 0 Å². The first-order chi connectivity index (χ1) is 13.7. The van der Waals surface area contributed by atoms with Crippen molar-refractivity contribution in [1.82, 2.24) is 0 Å². The average molecular weight is 404 g/mol. The second-order valence-electron chi connectivity index (χ2n) is 7.09. The van der Waals surface area contributed by atoms with Gasteiger partial charge in [-0.15, -0.1) is 9.78 Å². The molecule has 8 heteroatoms. The van der Waals surface area contributed by atoms with Crippen LogP contribution in [-0.4, -0.2) is 32.4 Å². The summed E-state index contributed by atoms with van der Waals surface area (Å²) >= 11 is 0. The topological polar surface area (TPSA) is 89.5 Å². The summed E-state index contributed by atoms with van der Waals surface area (Å²) in [4.78, 5) is 44.2. The number of rotatable bonds is 8. The lowest BCUT2D eigenvalue weighted by atomic mass is 9.96. The lowest BCUT2D eigenvalue weighted by molar-refractivity contribution is -0.442. The summed E-state index contributed by atoms with van der Waals surface area (Å²) in [6, 6.07) is 12.6. The van der Waals surface area contributed by atoms with E-state index in [1.807, 2.05) is 0 Å². The predicted octanol–water partition coefficient (Wildman–Crippen LogP) is 3.95. The molecule has 0 aromatic heterocycles. The summed E-state index contributed by atoms with van der Waals surface area (Å²) in [7, 11) is 3.05. The predicted molar refractivity (Wildman–Crippen MR) is 102 cm³/mol. The molecule has 0 radical (unpaired) electrons. The Morgan fingerprint density at radius 2 is 1.03 bits per heavy atom. The van der Waals surface area contributed by atoms with Gasteiger partial charge < -0.3 is 9.47 Å². The first-order valence-electron chi connectivity index (χ1n) is 8.78. The molecular formula is C21H24O8. The second-order valence-corrected chi connectivity index (χ2v) is 7.09. The second kappa shape index (κ2) is 9.90. The van der Waals surface area contributed by atoms with Gasteiger partial charge in [-0.3, -0.25) is 9.78 Å². The van der Waals surface area contributed by atoms with Crippen LogP contribution in [0.25, 0.3) is 0 Å². The molecule has 2 rings (SSSR count). The molecule has 0 saturated carbocycles. The van der Waals surface area contributed by atoms with E-state index in [9.17, 15) is 9.59 Å². The van der Waals surface area contributed by atoms with Crippen LogP contribution in [0.2, 0.25) is 0 Å². The van der Waals surface area contributed by atoms with E-state index in [4.69, 9.17) is 29.0 Å². The normalized spacial score (nSPS) is 11.1.